The van der Waals surface area contributed by atoms with Crippen LogP contribution < -0.4 is 43.0 Å². The molecule has 14 N–H and O–H groups in total. The molecule has 82 heavy (non-hydrogen) atoms. The lowest BCUT2D eigenvalue weighted by atomic mass is 9.96. The lowest BCUT2D eigenvalue weighted by Gasteiger charge is -2.33. The largest absolute Gasteiger partial charge is 0.508 e. The van der Waals surface area contributed by atoms with Crippen LogP contribution in [0, 0.1) is 17.8 Å². The Morgan fingerprint density at radius 3 is 1.54 bits per heavy atom. The summed E-state index contributed by atoms with van der Waals surface area (Å²) in [4.78, 5) is 153. The van der Waals surface area contributed by atoms with Gasteiger partial charge in [-0.2, -0.15) is 0 Å². The molecule has 26 nitrogen and oxygen atoms in total. The number of nitrogens with one attached hydrogen (secondary N) is 9. The number of carboxylic acids is 2. The molecule has 1 aliphatic rings. The maximum Gasteiger partial charge on any atom is 0.326 e. The number of aromatic hydroxyl groups is 1. The van der Waals surface area contributed by atoms with Crippen molar-refractivity contribution in [3.8, 4) is 5.75 Å². The van der Waals surface area contributed by atoms with Crippen LogP contribution in [0.3, 0.4) is 0 Å². The van der Waals surface area contributed by atoms with Crippen LogP contribution in [0.1, 0.15) is 96.2 Å². The number of likely N-dealkylation sites (tertiary alicyclic amines) is 1. The van der Waals surface area contributed by atoms with Crippen molar-refractivity contribution in [3.05, 3.63) is 102 Å². The van der Waals surface area contributed by atoms with Crippen LogP contribution in [0.25, 0.3) is 0 Å². The standard InChI is InChI=1S/C56H77N13O13/c1-7-31(5)46(67-51(76)41(23-35-26-58-28-60-35)62-48(73)38(57)25-44(71)72)54(79)65-40(21-33-13-10-9-11-14-33)50(75)63-39(22-34-16-18-37(70)19-17-34)49(74)64-42(24-36-27-59-29-61-36)52(77)68-47(32(6)8-2)55(80)69-20-12-15-43(69)53(78)66-45(30(3)4)56(81)82/h9-11,13-14,16-19,26-32,38-43,45-47,70H,7-8,12,15,20-25,57H2,1-6H3,(H,58,60)(H,59,61)(H,62,73)(H,63,75)(H,64,74)(H,65,79)(H,66,78)(H,67,76)(H,68,77)(H,71,72)(H,81,82)/t31-,32-,38-,39-,40-,41-,42-,43-,45-,46-,47-/m0/s1. The predicted octanol–water partition coefficient (Wildman–Crippen LogP) is 0.128. The van der Waals surface area contributed by atoms with Gasteiger partial charge < -0.3 is 73.1 Å². The predicted molar refractivity (Wildman–Crippen MR) is 296 cm³/mol. The van der Waals surface area contributed by atoms with Gasteiger partial charge in [-0.25, -0.2) is 14.8 Å². The van der Waals surface area contributed by atoms with Gasteiger partial charge in [-0.3, -0.25) is 43.2 Å². The number of carbonyl (C=O) groups excluding carboxylic acids is 8. The highest BCUT2D eigenvalue weighted by molar-refractivity contribution is 5.99. The average molecular weight is 1140 g/mol. The summed E-state index contributed by atoms with van der Waals surface area (Å²) in [7, 11) is 0. The Balaban J connectivity index is 1.44. The topological polar surface area (TPSA) is 402 Å². The van der Waals surface area contributed by atoms with E-state index >= 15 is 0 Å². The number of aromatic amines is 2. The van der Waals surface area contributed by atoms with Crippen molar-refractivity contribution in [1.82, 2.24) is 62.1 Å². The van der Waals surface area contributed by atoms with Gasteiger partial charge in [-0.15, -0.1) is 0 Å². The third-order valence-corrected chi connectivity index (χ3v) is 14.5. The number of amides is 8. The Morgan fingerprint density at radius 1 is 0.598 bits per heavy atom. The van der Waals surface area contributed by atoms with Crippen LogP contribution in [0.5, 0.6) is 5.75 Å². The highest BCUT2D eigenvalue weighted by Gasteiger charge is 2.42. The minimum Gasteiger partial charge on any atom is -0.508 e. The summed E-state index contributed by atoms with van der Waals surface area (Å²) in [6, 6.07) is 2.46. The van der Waals surface area contributed by atoms with Gasteiger partial charge in [0.15, 0.2) is 0 Å². The maximum atomic E-state index is 14.9. The number of benzene rings is 2. The van der Waals surface area contributed by atoms with Crippen molar-refractivity contribution in [3.63, 3.8) is 0 Å². The first-order valence-electron chi connectivity index (χ1n) is 27.4. The molecule has 3 heterocycles. The quantitative estimate of drug-likeness (QED) is 0.0318. The second kappa shape index (κ2) is 30.8. The number of carbonyl (C=O) groups is 10. The first-order valence-corrected chi connectivity index (χ1v) is 27.4. The van der Waals surface area contributed by atoms with Crippen LogP contribution in [-0.2, 0) is 73.6 Å². The number of rotatable bonds is 31. The number of phenolic OH excluding ortho intramolecular Hbond substituents is 1. The molecule has 8 amide bonds. The average Bonchev–Trinajstić information content (AvgIpc) is 4.31. The first-order chi connectivity index (χ1) is 39.0. The summed E-state index contributed by atoms with van der Waals surface area (Å²) < 4.78 is 0. The Kier molecular flexibility index (Phi) is 24.1. The second-order valence-corrected chi connectivity index (χ2v) is 21.1. The molecule has 444 valence electrons. The SMILES string of the molecule is CC[C@H](C)[C@H](NC(=O)[C@H](Cc1cnc[nH]1)NC(=O)[C@@H](N)CC(=O)O)C(=O)N[C@@H](Cc1ccccc1)C(=O)N[C@@H](Cc1ccc(O)cc1)C(=O)N[C@@H](Cc1cnc[nH]1)C(=O)N[C@H](C(=O)N1CCC[C@H]1C(=O)N[C@H](C(=O)O)C(C)C)[C@@H](C)CC. The number of hydrogen-bond donors (Lipinski definition) is 13. The van der Waals surface area contributed by atoms with Crippen molar-refractivity contribution < 1.29 is 63.3 Å². The summed E-state index contributed by atoms with van der Waals surface area (Å²) >= 11 is 0. The summed E-state index contributed by atoms with van der Waals surface area (Å²) in [6.45, 7) is 10.5. The number of nitrogens with zero attached hydrogens (tertiary/aromatic N) is 3. The van der Waals surface area contributed by atoms with Gasteiger partial charge in [0.2, 0.25) is 47.3 Å². The molecule has 0 bridgehead atoms. The summed E-state index contributed by atoms with van der Waals surface area (Å²) in [5.74, 6) is -10.5. The van der Waals surface area contributed by atoms with Crippen molar-refractivity contribution >= 4 is 59.2 Å². The Hall–Kier alpha value is -8.68. The molecule has 1 saturated heterocycles. The van der Waals surface area contributed by atoms with Crippen LogP contribution in [0.15, 0.2) is 79.6 Å². The molecule has 2 aromatic carbocycles. The molecule has 0 spiro atoms. The molecule has 2 aromatic heterocycles. The zero-order valence-electron chi connectivity index (χ0n) is 46.8. The number of hydrogen-bond acceptors (Lipinski definition) is 14. The minimum atomic E-state index is -1.51. The fourth-order valence-corrected chi connectivity index (χ4v) is 9.29. The van der Waals surface area contributed by atoms with E-state index in [2.05, 4.69) is 57.2 Å². The van der Waals surface area contributed by atoms with Crippen molar-refractivity contribution in [2.24, 2.45) is 23.5 Å². The number of phenols is 1. The number of imidazole rings is 2. The molecule has 0 radical (unpaired) electrons. The van der Waals surface area contributed by atoms with Gasteiger partial charge in [0.05, 0.1) is 25.1 Å². The number of nitrogens with two attached hydrogens (primary N) is 1. The fraction of sp³-hybridized carbons (Fsp3) is 0.500. The van der Waals surface area contributed by atoms with Crippen LogP contribution in [-0.4, -0.2) is 160 Å². The fourth-order valence-electron chi connectivity index (χ4n) is 9.29. The molecule has 1 fully saturated rings. The highest BCUT2D eigenvalue weighted by Crippen LogP contribution is 2.23. The molecule has 0 aliphatic carbocycles. The van der Waals surface area contributed by atoms with Gasteiger partial charge in [0.1, 0.15) is 54.1 Å². The van der Waals surface area contributed by atoms with E-state index in [1.807, 2.05) is 6.92 Å². The normalized spacial score (nSPS) is 16.8. The molecule has 0 saturated carbocycles. The molecule has 26 heteroatoms. The zero-order chi connectivity index (χ0) is 60.2. The van der Waals surface area contributed by atoms with E-state index in [4.69, 9.17) is 5.73 Å². The van der Waals surface area contributed by atoms with Gasteiger partial charge in [-0.05, 0) is 53.9 Å². The molecular formula is C56H77N13O13. The molecule has 11 atom stereocenters. The molecule has 0 unspecified atom stereocenters. The van der Waals surface area contributed by atoms with E-state index in [0.29, 0.717) is 41.8 Å². The molecule has 5 rings (SSSR count). The third kappa shape index (κ3) is 18.7. The van der Waals surface area contributed by atoms with Gasteiger partial charge in [0, 0.05) is 56.0 Å². The maximum absolute atomic E-state index is 14.9. The van der Waals surface area contributed by atoms with Crippen LogP contribution in [0.2, 0.25) is 0 Å². The second-order valence-electron chi connectivity index (χ2n) is 21.1. The van der Waals surface area contributed by atoms with Crippen LogP contribution >= 0.6 is 0 Å². The van der Waals surface area contributed by atoms with Gasteiger partial charge in [0.25, 0.3) is 0 Å². The zero-order valence-corrected chi connectivity index (χ0v) is 46.8. The minimum absolute atomic E-state index is 0.0817. The summed E-state index contributed by atoms with van der Waals surface area (Å²) in [5, 5.41) is 48.1. The lowest BCUT2D eigenvalue weighted by molar-refractivity contribution is -0.146. The highest BCUT2D eigenvalue weighted by atomic mass is 16.4. The Bertz CT molecular complexity index is 2800. The molecular weight excluding hydrogens is 1060 g/mol. The van der Waals surface area contributed by atoms with E-state index in [1.165, 1.54) is 54.2 Å². The van der Waals surface area contributed by atoms with Crippen LogP contribution in [0.4, 0.5) is 0 Å². The Morgan fingerprint density at radius 2 is 1.06 bits per heavy atom. The van der Waals surface area contributed by atoms with E-state index in [0.717, 1.165) is 0 Å². The van der Waals surface area contributed by atoms with Crippen molar-refractivity contribution in [2.45, 2.75) is 154 Å². The monoisotopic (exact) mass is 1140 g/mol. The number of aromatic nitrogens is 4. The molecule has 1 aliphatic heterocycles. The molecule has 4 aromatic rings. The lowest BCUT2D eigenvalue weighted by Crippen LogP contribution is -2.62. The van der Waals surface area contributed by atoms with E-state index < -0.39 is 138 Å². The summed E-state index contributed by atoms with van der Waals surface area (Å²) in [6.07, 6.45) is 5.60. The van der Waals surface area contributed by atoms with Gasteiger partial charge >= 0.3 is 11.9 Å². The van der Waals surface area contributed by atoms with E-state index in [1.54, 1.807) is 65.0 Å². The van der Waals surface area contributed by atoms with Gasteiger partial charge in [-0.1, -0.05) is 96.8 Å². The van der Waals surface area contributed by atoms with E-state index in [-0.39, 0.29) is 44.4 Å². The van der Waals surface area contributed by atoms with E-state index in [9.17, 15) is 63.3 Å². The smallest absolute Gasteiger partial charge is 0.326 e. The number of carboxylic acid groups (broad SMARTS) is 2. The summed E-state index contributed by atoms with van der Waals surface area (Å²) in [5.41, 5.74) is 7.71. The Labute approximate surface area is 474 Å². The number of aliphatic carboxylic acids is 2. The first kappa shape index (κ1) is 64.1. The number of H-pyrrole nitrogens is 2. The van der Waals surface area contributed by atoms with Crippen molar-refractivity contribution in [2.75, 3.05) is 6.54 Å². The van der Waals surface area contributed by atoms with Crippen molar-refractivity contribution in [1.29, 1.82) is 0 Å². The third-order valence-electron chi connectivity index (χ3n) is 14.5.